The molecule has 0 radical (unpaired) electrons. The van der Waals surface area contributed by atoms with Crippen molar-refractivity contribution in [3.8, 4) is 0 Å². The maximum Gasteiger partial charge on any atom is 0.472 e. The molecule has 0 aliphatic heterocycles. The average molecular weight is 865 g/mol. The predicted octanol–water partition coefficient (Wildman–Crippen LogP) is 14.0. The van der Waals surface area contributed by atoms with Crippen LogP contribution >= 0.6 is 7.82 Å². The van der Waals surface area contributed by atoms with E-state index in [4.69, 9.17) is 18.5 Å². The number of phosphoric ester groups is 1. The lowest BCUT2D eigenvalue weighted by Crippen LogP contribution is -2.37. The van der Waals surface area contributed by atoms with Crippen molar-refractivity contribution in [2.24, 2.45) is 0 Å². The Morgan fingerprint density at radius 1 is 0.550 bits per heavy atom. The molecule has 0 saturated heterocycles. The van der Waals surface area contributed by atoms with Crippen LogP contribution < -0.4 is 0 Å². The quantitative estimate of drug-likeness (QED) is 0.0161. The molecule has 9 nitrogen and oxygen atoms in total. The first-order valence-electron chi connectivity index (χ1n) is 24.0. The summed E-state index contributed by atoms with van der Waals surface area (Å²) in [4.78, 5) is 35.4. The van der Waals surface area contributed by atoms with Crippen molar-refractivity contribution in [3.63, 3.8) is 0 Å². The number of esters is 2. The Morgan fingerprint density at radius 2 is 1.02 bits per heavy atom. The standard InChI is InChI=1S/C50H90NO8P/c1-6-8-10-12-14-16-18-20-21-22-23-24-25-26-27-28-29-31-32-34-36-38-40-42-49(52)56-46-48(47-58-60(54,55)57-45-44-51(3,4)5)59-50(53)43-41-39-37-35-33-30-19-17-15-13-11-9-7-2/h9,11,13,15,17,19,23-24,26-27,48H,6-8,10,12,14,16,18,20-22,25,28-47H2,1-5H3/p+1/b11-9+,15-13+,19-17+,24-23+,27-26+. The average Bonchev–Trinajstić information content (AvgIpc) is 3.20. The maximum atomic E-state index is 12.7. The van der Waals surface area contributed by atoms with Crippen molar-refractivity contribution in [2.45, 2.75) is 200 Å². The highest BCUT2D eigenvalue weighted by Crippen LogP contribution is 2.43. The summed E-state index contributed by atoms with van der Waals surface area (Å²) in [6.07, 6.45) is 51.4. The van der Waals surface area contributed by atoms with Gasteiger partial charge in [0.15, 0.2) is 6.10 Å². The number of allylic oxidation sites excluding steroid dienone is 10. The lowest BCUT2D eigenvalue weighted by Gasteiger charge is -2.24. The number of nitrogens with zero attached hydrogens (tertiary/aromatic N) is 1. The Bertz CT molecular complexity index is 1210. The van der Waals surface area contributed by atoms with Gasteiger partial charge >= 0.3 is 19.8 Å². The van der Waals surface area contributed by atoms with E-state index in [-0.39, 0.29) is 32.0 Å². The summed E-state index contributed by atoms with van der Waals surface area (Å²) < 4.78 is 34.3. The van der Waals surface area contributed by atoms with E-state index >= 15 is 0 Å². The zero-order chi connectivity index (χ0) is 44.3. The second-order valence-corrected chi connectivity index (χ2v) is 18.6. The molecule has 0 aliphatic rings. The Labute approximate surface area is 368 Å². The van der Waals surface area contributed by atoms with E-state index in [1.165, 1.54) is 83.5 Å². The van der Waals surface area contributed by atoms with Crippen molar-refractivity contribution >= 4 is 19.8 Å². The number of hydrogen-bond acceptors (Lipinski definition) is 7. The third kappa shape index (κ3) is 45.2. The molecule has 0 spiro atoms. The van der Waals surface area contributed by atoms with Gasteiger partial charge in [0.05, 0.1) is 27.7 Å². The summed E-state index contributed by atoms with van der Waals surface area (Å²) in [6, 6.07) is 0. The van der Waals surface area contributed by atoms with Crippen molar-refractivity contribution in [3.05, 3.63) is 60.8 Å². The Hall–Kier alpha value is -2.29. The Kier molecular flexibility index (Phi) is 40.4. The van der Waals surface area contributed by atoms with Gasteiger partial charge in [-0.2, -0.15) is 0 Å². The predicted molar refractivity (Wildman–Crippen MR) is 252 cm³/mol. The third-order valence-electron chi connectivity index (χ3n) is 10.1. The minimum atomic E-state index is -4.39. The molecule has 0 aromatic rings. The molecular weight excluding hydrogens is 774 g/mol. The number of carbonyl (C=O) groups excluding carboxylic acids is 2. The van der Waals surface area contributed by atoms with E-state index in [1.54, 1.807) is 0 Å². The number of carbonyl (C=O) groups is 2. The molecule has 0 bridgehead atoms. The Morgan fingerprint density at radius 3 is 1.53 bits per heavy atom. The molecule has 60 heavy (non-hydrogen) atoms. The monoisotopic (exact) mass is 865 g/mol. The molecule has 0 heterocycles. The second-order valence-electron chi connectivity index (χ2n) is 17.2. The first kappa shape index (κ1) is 57.7. The fraction of sp³-hybridized carbons (Fsp3) is 0.760. The number of ether oxygens (including phenoxy) is 2. The van der Waals surface area contributed by atoms with Gasteiger partial charge in [0, 0.05) is 12.8 Å². The number of phosphoric acid groups is 1. The molecule has 1 N–H and O–H groups in total. The van der Waals surface area contributed by atoms with Gasteiger partial charge in [0.2, 0.25) is 0 Å². The molecule has 0 aromatic carbocycles. The van der Waals surface area contributed by atoms with Gasteiger partial charge in [-0.1, -0.05) is 177 Å². The fourth-order valence-corrected chi connectivity index (χ4v) is 7.08. The lowest BCUT2D eigenvalue weighted by molar-refractivity contribution is -0.870. The molecule has 0 rings (SSSR count). The molecule has 348 valence electrons. The summed E-state index contributed by atoms with van der Waals surface area (Å²) in [5.74, 6) is -0.833. The van der Waals surface area contributed by atoms with Crippen molar-refractivity contribution in [1.82, 2.24) is 0 Å². The summed E-state index contributed by atoms with van der Waals surface area (Å²) in [6.45, 7) is 4.25. The van der Waals surface area contributed by atoms with Gasteiger partial charge in [0.1, 0.15) is 19.8 Å². The highest BCUT2D eigenvalue weighted by Gasteiger charge is 2.27. The third-order valence-corrected chi connectivity index (χ3v) is 11.1. The fourth-order valence-electron chi connectivity index (χ4n) is 6.34. The van der Waals surface area contributed by atoms with Gasteiger partial charge in [-0.25, -0.2) is 4.57 Å². The minimum absolute atomic E-state index is 0.0234. The molecule has 0 aromatic heterocycles. The summed E-state index contributed by atoms with van der Waals surface area (Å²) in [7, 11) is 1.45. The van der Waals surface area contributed by atoms with Crippen LogP contribution in [-0.2, 0) is 32.7 Å². The number of unbranched alkanes of at least 4 members (excludes halogenated alkanes) is 21. The number of likely N-dealkylation sites (N-methyl/N-ethyl adjacent to an activating group) is 1. The normalized spacial score (nSPS) is 14.0. The molecule has 0 fully saturated rings. The van der Waals surface area contributed by atoms with Crippen LogP contribution in [0.3, 0.4) is 0 Å². The minimum Gasteiger partial charge on any atom is -0.462 e. The van der Waals surface area contributed by atoms with Crippen LogP contribution in [0.1, 0.15) is 194 Å². The second kappa shape index (κ2) is 42.0. The SMILES string of the molecule is CC/C=C/C=C/C=C/CCCCCCCC(=O)OC(COC(=O)CCCCCCCCC/C=C/C/C=C/CCCCCCCCCCC)COP(=O)(O)OCC[N+](C)(C)C. The maximum absolute atomic E-state index is 12.7. The van der Waals surface area contributed by atoms with Gasteiger partial charge in [-0.3, -0.25) is 18.6 Å². The van der Waals surface area contributed by atoms with Crippen molar-refractivity contribution in [1.29, 1.82) is 0 Å². The highest BCUT2D eigenvalue weighted by atomic mass is 31.2. The molecule has 2 atom stereocenters. The van der Waals surface area contributed by atoms with E-state index < -0.39 is 26.5 Å². The van der Waals surface area contributed by atoms with Gasteiger partial charge in [0.25, 0.3) is 0 Å². The first-order valence-corrected chi connectivity index (χ1v) is 25.5. The molecular formula is C50H91NO8P+. The molecule has 2 unspecified atom stereocenters. The Balaban J connectivity index is 4.27. The van der Waals surface area contributed by atoms with Gasteiger partial charge in [-0.15, -0.1) is 0 Å². The topological polar surface area (TPSA) is 108 Å². The van der Waals surface area contributed by atoms with Crippen LogP contribution in [0.25, 0.3) is 0 Å². The van der Waals surface area contributed by atoms with E-state index in [2.05, 4.69) is 56.4 Å². The summed E-state index contributed by atoms with van der Waals surface area (Å²) in [5, 5.41) is 0. The van der Waals surface area contributed by atoms with Gasteiger partial charge < -0.3 is 18.9 Å². The van der Waals surface area contributed by atoms with Crippen LogP contribution in [0.15, 0.2) is 60.8 Å². The molecule has 10 heteroatoms. The van der Waals surface area contributed by atoms with E-state index in [9.17, 15) is 19.0 Å². The number of hydrogen-bond donors (Lipinski definition) is 1. The zero-order valence-corrected chi connectivity index (χ0v) is 40.1. The van der Waals surface area contributed by atoms with E-state index in [1.807, 2.05) is 39.4 Å². The lowest BCUT2D eigenvalue weighted by atomic mass is 10.1. The smallest absolute Gasteiger partial charge is 0.462 e. The van der Waals surface area contributed by atoms with E-state index in [0.717, 1.165) is 77.0 Å². The summed E-state index contributed by atoms with van der Waals surface area (Å²) >= 11 is 0. The molecule has 0 saturated carbocycles. The largest absolute Gasteiger partial charge is 0.472 e. The molecule has 0 amide bonds. The number of rotatable bonds is 43. The summed E-state index contributed by atoms with van der Waals surface area (Å²) in [5.41, 5.74) is 0. The van der Waals surface area contributed by atoms with Crippen molar-refractivity contribution in [2.75, 3.05) is 47.5 Å². The first-order chi connectivity index (χ1) is 29.0. The van der Waals surface area contributed by atoms with Crippen LogP contribution in [0.2, 0.25) is 0 Å². The zero-order valence-electron chi connectivity index (χ0n) is 39.2. The highest BCUT2D eigenvalue weighted by molar-refractivity contribution is 7.47. The van der Waals surface area contributed by atoms with Gasteiger partial charge in [-0.05, 0) is 64.2 Å². The molecule has 0 aliphatic carbocycles. The van der Waals surface area contributed by atoms with Crippen molar-refractivity contribution < 1.29 is 42.1 Å². The van der Waals surface area contributed by atoms with E-state index in [0.29, 0.717) is 17.4 Å². The van der Waals surface area contributed by atoms with Crippen LogP contribution in [0, 0.1) is 0 Å². The van der Waals surface area contributed by atoms with Crippen LogP contribution in [-0.4, -0.2) is 74.9 Å². The van der Waals surface area contributed by atoms with Crippen LogP contribution in [0.4, 0.5) is 0 Å². The number of quaternary nitrogens is 1. The van der Waals surface area contributed by atoms with Crippen LogP contribution in [0.5, 0.6) is 0 Å².